The third-order valence-corrected chi connectivity index (χ3v) is 2.88. The molecule has 0 aliphatic carbocycles. The van der Waals surface area contributed by atoms with Crippen LogP contribution in [-0.2, 0) is 9.59 Å². The van der Waals surface area contributed by atoms with Gasteiger partial charge in [-0.2, -0.15) is 0 Å². The summed E-state index contributed by atoms with van der Waals surface area (Å²) in [5.74, 6) is -1.95. The second kappa shape index (κ2) is 6.56. The number of nitrogens with one attached hydrogen (secondary N) is 1. The first kappa shape index (κ1) is 16.9. The van der Waals surface area contributed by atoms with Crippen LogP contribution in [0, 0.1) is 11.2 Å². The van der Waals surface area contributed by atoms with E-state index in [1.807, 2.05) is 0 Å². The first-order chi connectivity index (χ1) is 9.61. The molecule has 1 aromatic carbocycles. The molecular weight excluding hydrogens is 277 g/mol. The van der Waals surface area contributed by atoms with Gasteiger partial charge in [-0.1, -0.05) is 26.8 Å². The minimum Gasteiger partial charge on any atom is -0.481 e. The number of carbonyl (C=O) groups is 2. The molecule has 0 heterocycles. The summed E-state index contributed by atoms with van der Waals surface area (Å²) >= 11 is 0. The number of carboxylic acid groups (broad SMARTS) is 1. The summed E-state index contributed by atoms with van der Waals surface area (Å²) in [7, 11) is 0. The molecule has 0 aromatic heterocycles. The highest BCUT2D eigenvalue weighted by molar-refractivity contribution is 5.86. The zero-order valence-corrected chi connectivity index (χ0v) is 12.5. The number of hydrogen-bond donors (Lipinski definition) is 2. The molecule has 0 aliphatic rings. The maximum atomic E-state index is 13.0. The number of carboxylic acids is 1. The molecule has 0 saturated heterocycles. The van der Waals surface area contributed by atoms with E-state index in [-0.39, 0.29) is 5.75 Å². The van der Waals surface area contributed by atoms with Gasteiger partial charge in [-0.25, -0.2) is 9.18 Å². The highest BCUT2D eigenvalue weighted by Gasteiger charge is 2.33. The summed E-state index contributed by atoms with van der Waals surface area (Å²) in [5.41, 5.74) is -0.639. The van der Waals surface area contributed by atoms with Gasteiger partial charge in [0, 0.05) is 6.07 Å². The Morgan fingerprint density at radius 1 is 1.33 bits per heavy atom. The number of aliphatic carboxylic acids is 1. The van der Waals surface area contributed by atoms with Gasteiger partial charge in [-0.05, 0) is 24.5 Å². The van der Waals surface area contributed by atoms with Gasteiger partial charge in [0.25, 0.3) is 5.91 Å². The van der Waals surface area contributed by atoms with Crippen molar-refractivity contribution in [1.82, 2.24) is 5.32 Å². The van der Waals surface area contributed by atoms with Crippen LogP contribution in [0.2, 0.25) is 0 Å². The Morgan fingerprint density at radius 2 is 1.95 bits per heavy atom. The van der Waals surface area contributed by atoms with E-state index in [0.717, 1.165) is 6.07 Å². The lowest BCUT2D eigenvalue weighted by atomic mass is 9.86. The topological polar surface area (TPSA) is 75.6 Å². The maximum absolute atomic E-state index is 13.0. The monoisotopic (exact) mass is 297 g/mol. The Hall–Kier alpha value is -2.11. The van der Waals surface area contributed by atoms with E-state index in [9.17, 15) is 14.0 Å². The summed E-state index contributed by atoms with van der Waals surface area (Å²) in [6.07, 6.45) is -0.934. The van der Waals surface area contributed by atoms with E-state index in [2.05, 4.69) is 5.32 Å². The molecule has 0 radical (unpaired) electrons. The van der Waals surface area contributed by atoms with Gasteiger partial charge in [-0.3, -0.25) is 4.79 Å². The van der Waals surface area contributed by atoms with Gasteiger partial charge in [0.15, 0.2) is 6.10 Å². The fraction of sp³-hybridized carbons (Fsp3) is 0.467. The van der Waals surface area contributed by atoms with E-state index in [4.69, 9.17) is 9.84 Å². The molecule has 6 heteroatoms. The highest BCUT2D eigenvalue weighted by atomic mass is 19.1. The van der Waals surface area contributed by atoms with Crippen LogP contribution in [0.1, 0.15) is 27.7 Å². The zero-order chi connectivity index (χ0) is 16.2. The molecule has 0 aliphatic heterocycles. The van der Waals surface area contributed by atoms with E-state index < -0.39 is 35.3 Å². The Morgan fingerprint density at radius 3 is 2.43 bits per heavy atom. The molecule has 0 spiro atoms. The zero-order valence-electron chi connectivity index (χ0n) is 12.5. The minimum absolute atomic E-state index is 0.209. The van der Waals surface area contributed by atoms with E-state index >= 15 is 0 Å². The van der Waals surface area contributed by atoms with Crippen molar-refractivity contribution in [2.45, 2.75) is 39.8 Å². The second-order valence-electron chi connectivity index (χ2n) is 5.86. The molecular formula is C15H20FNO4. The molecule has 2 atom stereocenters. The molecule has 1 unspecified atom stereocenters. The first-order valence-corrected chi connectivity index (χ1v) is 6.56. The summed E-state index contributed by atoms with van der Waals surface area (Å²) in [4.78, 5) is 23.2. The van der Waals surface area contributed by atoms with Crippen LogP contribution < -0.4 is 10.1 Å². The van der Waals surface area contributed by atoms with E-state index in [0.29, 0.717) is 0 Å². The van der Waals surface area contributed by atoms with Crippen molar-refractivity contribution < 1.29 is 23.8 Å². The quantitative estimate of drug-likeness (QED) is 0.873. The molecule has 0 saturated carbocycles. The molecule has 1 rings (SSSR count). The fourth-order valence-electron chi connectivity index (χ4n) is 1.71. The van der Waals surface area contributed by atoms with E-state index in [1.165, 1.54) is 25.1 Å². The number of ether oxygens (including phenoxy) is 1. The van der Waals surface area contributed by atoms with Crippen molar-refractivity contribution in [2.24, 2.45) is 5.41 Å². The molecule has 2 N–H and O–H groups in total. The summed E-state index contributed by atoms with van der Waals surface area (Å²) < 4.78 is 18.3. The Bertz CT molecular complexity index is 525. The molecule has 0 fully saturated rings. The standard InChI is InChI=1S/C15H20FNO4/c1-9(21-11-7-5-6-10(16)8-11)13(18)17-12(14(19)20)15(2,3)4/h5-9,12H,1-4H3,(H,17,18)(H,19,20)/t9?,12-/m0/s1. The van der Waals surface area contributed by atoms with Crippen molar-refractivity contribution in [3.63, 3.8) is 0 Å². The summed E-state index contributed by atoms with van der Waals surface area (Å²) in [6, 6.07) is 4.36. The van der Waals surface area contributed by atoms with E-state index in [1.54, 1.807) is 20.8 Å². The third kappa shape index (κ3) is 5.06. The van der Waals surface area contributed by atoms with Gasteiger partial charge in [0.2, 0.25) is 0 Å². The van der Waals surface area contributed by atoms with Crippen molar-refractivity contribution in [1.29, 1.82) is 0 Å². The molecule has 0 bridgehead atoms. The van der Waals surface area contributed by atoms with Crippen LogP contribution in [0.5, 0.6) is 5.75 Å². The lowest BCUT2D eigenvalue weighted by molar-refractivity contribution is -0.146. The number of amides is 1. The summed E-state index contributed by atoms with van der Waals surface area (Å²) in [6.45, 7) is 6.61. The number of halogens is 1. The minimum atomic E-state index is -1.12. The molecule has 116 valence electrons. The van der Waals surface area contributed by atoms with Gasteiger partial charge < -0.3 is 15.2 Å². The van der Waals surface area contributed by atoms with Crippen LogP contribution in [0.25, 0.3) is 0 Å². The van der Waals surface area contributed by atoms with Crippen molar-refractivity contribution in [3.8, 4) is 5.75 Å². The van der Waals surface area contributed by atoms with Gasteiger partial charge in [0.1, 0.15) is 17.6 Å². The van der Waals surface area contributed by atoms with Crippen molar-refractivity contribution >= 4 is 11.9 Å². The van der Waals surface area contributed by atoms with Crippen molar-refractivity contribution in [2.75, 3.05) is 0 Å². The number of rotatable bonds is 5. The first-order valence-electron chi connectivity index (χ1n) is 6.56. The fourth-order valence-corrected chi connectivity index (χ4v) is 1.71. The molecule has 1 amide bonds. The Balaban J connectivity index is 2.72. The van der Waals surface area contributed by atoms with Crippen molar-refractivity contribution in [3.05, 3.63) is 30.1 Å². The van der Waals surface area contributed by atoms with Crippen LogP contribution in [0.4, 0.5) is 4.39 Å². The van der Waals surface area contributed by atoms with Crippen LogP contribution in [-0.4, -0.2) is 29.1 Å². The second-order valence-corrected chi connectivity index (χ2v) is 5.86. The van der Waals surface area contributed by atoms with Gasteiger partial charge >= 0.3 is 5.97 Å². The predicted molar refractivity (Wildman–Crippen MR) is 75.5 cm³/mol. The Labute approximate surface area is 123 Å². The lowest BCUT2D eigenvalue weighted by Gasteiger charge is -2.28. The third-order valence-electron chi connectivity index (χ3n) is 2.88. The normalized spacial score (nSPS) is 14.1. The highest BCUT2D eigenvalue weighted by Crippen LogP contribution is 2.20. The van der Waals surface area contributed by atoms with Gasteiger partial charge in [-0.15, -0.1) is 0 Å². The average molecular weight is 297 g/mol. The SMILES string of the molecule is CC(Oc1cccc(F)c1)C(=O)N[C@@H](C(=O)O)C(C)(C)C. The van der Waals surface area contributed by atoms with Crippen LogP contribution >= 0.6 is 0 Å². The molecule has 1 aromatic rings. The largest absolute Gasteiger partial charge is 0.481 e. The average Bonchev–Trinajstić information content (AvgIpc) is 2.33. The van der Waals surface area contributed by atoms with Crippen LogP contribution in [0.3, 0.4) is 0 Å². The number of hydrogen-bond acceptors (Lipinski definition) is 3. The Kier molecular flexibility index (Phi) is 5.29. The number of carbonyl (C=O) groups excluding carboxylic acids is 1. The molecule has 21 heavy (non-hydrogen) atoms. The smallest absolute Gasteiger partial charge is 0.326 e. The number of benzene rings is 1. The molecule has 5 nitrogen and oxygen atoms in total. The lowest BCUT2D eigenvalue weighted by Crippen LogP contribution is -2.52. The predicted octanol–water partition coefficient (Wildman–Crippen LogP) is 2.21. The summed E-state index contributed by atoms with van der Waals surface area (Å²) in [5, 5.41) is 11.6. The maximum Gasteiger partial charge on any atom is 0.326 e. The van der Waals surface area contributed by atoms with Gasteiger partial charge in [0.05, 0.1) is 0 Å². The van der Waals surface area contributed by atoms with Crippen LogP contribution in [0.15, 0.2) is 24.3 Å².